The van der Waals surface area contributed by atoms with Crippen molar-refractivity contribution >= 4 is 38.5 Å². The van der Waals surface area contributed by atoms with Crippen LogP contribution in [0.3, 0.4) is 0 Å². The van der Waals surface area contributed by atoms with E-state index in [9.17, 15) is 14.0 Å². The minimum Gasteiger partial charge on any atom is -0.457 e. The Morgan fingerprint density at radius 1 is 1.09 bits per heavy atom. The van der Waals surface area contributed by atoms with Crippen LogP contribution in [0.15, 0.2) is 57.7 Å². The molecule has 0 aliphatic rings. The second kappa shape index (κ2) is 7.97. The lowest BCUT2D eigenvalue weighted by Gasteiger charge is -2.09. The van der Waals surface area contributed by atoms with Crippen LogP contribution in [0.25, 0.3) is 26.9 Å². The van der Waals surface area contributed by atoms with Crippen LogP contribution in [0, 0.1) is 26.6 Å². The predicted molar refractivity (Wildman–Crippen MR) is 125 cm³/mol. The minimum atomic E-state index is -0.494. The molecule has 0 unspecified atom stereocenters. The summed E-state index contributed by atoms with van der Waals surface area (Å²) < 4.78 is 25.9. The quantitative estimate of drug-likeness (QED) is 0.256. The standard InChI is InChI=1S/C25H19FN2O4S/c1-13-4-9-19-16(10-22(29)32-23(19)14(13)2)12-31-25(30)21-11-20-15(3)27-28(24(20)33-21)18-7-5-17(26)6-8-18/h4-11H,12H2,1-3H3. The normalized spacial score (nSPS) is 11.4. The zero-order valence-electron chi connectivity index (χ0n) is 18.1. The summed E-state index contributed by atoms with van der Waals surface area (Å²) in [5.74, 6) is -0.825. The number of fused-ring (bicyclic) bond motifs is 2. The van der Waals surface area contributed by atoms with Gasteiger partial charge in [-0.2, -0.15) is 5.10 Å². The average molecular weight is 463 g/mol. The van der Waals surface area contributed by atoms with E-state index < -0.39 is 11.6 Å². The number of hydrogen-bond donors (Lipinski definition) is 0. The van der Waals surface area contributed by atoms with Crippen molar-refractivity contribution in [1.29, 1.82) is 0 Å². The van der Waals surface area contributed by atoms with Crippen molar-refractivity contribution in [1.82, 2.24) is 9.78 Å². The molecule has 6 nitrogen and oxygen atoms in total. The molecule has 0 aliphatic carbocycles. The van der Waals surface area contributed by atoms with Gasteiger partial charge in [-0.3, -0.25) is 0 Å². The van der Waals surface area contributed by atoms with Gasteiger partial charge in [0.15, 0.2) is 0 Å². The Labute approximate surface area is 191 Å². The molecule has 0 saturated heterocycles. The van der Waals surface area contributed by atoms with Crippen molar-refractivity contribution in [2.75, 3.05) is 0 Å². The Balaban J connectivity index is 1.45. The summed E-state index contributed by atoms with van der Waals surface area (Å²) in [6.07, 6.45) is 0. The number of carbonyl (C=O) groups is 1. The van der Waals surface area contributed by atoms with Crippen molar-refractivity contribution in [3.05, 3.63) is 92.0 Å². The van der Waals surface area contributed by atoms with E-state index in [2.05, 4.69) is 5.10 Å². The monoisotopic (exact) mass is 462 g/mol. The fourth-order valence-electron chi connectivity index (χ4n) is 3.76. The highest BCUT2D eigenvalue weighted by molar-refractivity contribution is 7.20. The van der Waals surface area contributed by atoms with Crippen molar-refractivity contribution in [2.24, 2.45) is 0 Å². The van der Waals surface area contributed by atoms with E-state index in [0.717, 1.165) is 32.4 Å². The molecule has 33 heavy (non-hydrogen) atoms. The van der Waals surface area contributed by atoms with E-state index in [1.165, 1.54) is 29.5 Å². The first-order valence-corrected chi connectivity index (χ1v) is 11.1. The van der Waals surface area contributed by atoms with E-state index in [1.54, 1.807) is 22.9 Å². The van der Waals surface area contributed by atoms with Crippen LogP contribution >= 0.6 is 11.3 Å². The number of benzene rings is 2. The first-order valence-electron chi connectivity index (χ1n) is 10.3. The van der Waals surface area contributed by atoms with E-state index in [-0.39, 0.29) is 12.4 Å². The third-order valence-corrected chi connectivity index (χ3v) is 6.78. The first-order chi connectivity index (χ1) is 15.8. The Morgan fingerprint density at radius 2 is 1.85 bits per heavy atom. The predicted octanol–water partition coefficient (Wildman–Crippen LogP) is 5.61. The van der Waals surface area contributed by atoms with Crippen LogP contribution in [-0.4, -0.2) is 15.7 Å². The van der Waals surface area contributed by atoms with Gasteiger partial charge in [-0.25, -0.2) is 18.7 Å². The fourth-order valence-corrected chi connectivity index (χ4v) is 4.84. The van der Waals surface area contributed by atoms with Crippen LogP contribution in [0.5, 0.6) is 0 Å². The third-order valence-electron chi connectivity index (χ3n) is 5.69. The third kappa shape index (κ3) is 3.72. The molecule has 3 heterocycles. The number of nitrogens with zero attached hydrogens (tertiary/aromatic N) is 2. The Bertz CT molecular complexity index is 1600. The number of rotatable bonds is 4. The maximum Gasteiger partial charge on any atom is 0.348 e. The SMILES string of the molecule is Cc1ccc2c(COC(=O)c3cc4c(C)nn(-c5ccc(F)cc5)c4s3)cc(=O)oc2c1C. The van der Waals surface area contributed by atoms with E-state index in [0.29, 0.717) is 21.7 Å². The van der Waals surface area contributed by atoms with Crippen LogP contribution in [0.1, 0.15) is 32.1 Å². The summed E-state index contributed by atoms with van der Waals surface area (Å²) in [7, 11) is 0. The summed E-state index contributed by atoms with van der Waals surface area (Å²) in [4.78, 5) is 26.1. The molecule has 8 heteroatoms. The Morgan fingerprint density at radius 3 is 2.61 bits per heavy atom. The molecular weight excluding hydrogens is 443 g/mol. The second-order valence-electron chi connectivity index (χ2n) is 7.85. The Hall–Kier alpha value is -3.78. The summed E-state index contributed by atoms with van der Waals surface area (Å²) in [6, 6.07) is 12.9. The minimum absolute atomic E-state index is 0.0548. The van der Waals surface area contributed by atoms with Gasteiger partial charge in [0, 0.05) is 22.4 Å². The van der Waals surface area contributed by atoms with Gasteiger partial charge in [0.05, 0.1) is 11.4 Å². The zero-order chi connectivity index (χ0) is 23.3. The molecule has 0 saturated carbocycles. The summed E-state index contributed by atoms with van der Waals surface area (Å²) in [6.45, 7) is 5.63. The van der Waals surface area contributed by atoms with Gasteiger partial charge in [0.25, 0.3) is 0 Å². The first kappa shape index (κ1) is 21.1. The average Bonchev–Trinajstić information content (AvgIpc) is 3.36. The van der Waals surface area contributed by atoms with Crippen molar-refractivity contribution in [3.63, 3.8) is 0 Å². The molecule has 3 aromatic heterocycles. The number of ether oxygens (including phenoxy) is 1. The molecule has 0 amide bonds. The van der Waals surface area contributed by atoms with E-state index in [1.807, 2.05) is 32.9 Å². The van der Waals surface area contributed by atoms with Crippen LogP contribution in [0.4, 0.5) is 4.39 Å². The fraction of sp³-hybridized carbons (Fsp3) is 0.160. The second-order valence-corrected chi connectivity index (χ2v) is 8.88. The van der Waals surface area contributed by atoms with Crippen molar-refractivity contribution in [3.8, 4) is 5.69 Å². The number of aromatic nitrogens is 2. The van der Waals surface area contributed by atoms with Gasteiger partial charge in [0.2, 0.25) is 0 Å². The largest absolute Gasteiger partial charge is 0.457 e. The molecule has 0 atom stereocenters. The van der Waals surface area contributed by atoms with E-state index in [4.69, 9.17) is 9.15 Å². The number of thiophene rings is 1. The van der Waals surface area contributed by atoms with Crippen molar-refractivity contribution < 1.29 is 18.3 Å². The van der Waals surface area contributed by atoms with Crippen LogP contribution in [0.2, 0.25) is 0 Å². The van der Waals surface area contributed by atoms with Crippen LogP contribution in [-0.2, 0) is 11.3 Å². The highest BCUT2D eigenvalue weighted by atomic mass is 32.1. The molecule has 0 spiro atoms. The zero-order valence-corrected chi connectivity index (χ0v) is 19.0. The van der Waals surface area contributed by atoms with Gasteiger partial charge in [-0.05, 0) is 62.2 Å². The number of halogens is 1. The molecule has 0 fully saturated rings. The lowest BCUT2D eigenvalue weighted by Crippen LogP contribution is -2.07. The maximum atomic E-state index is 13.3. The topological polar surface area (TPSA) is 74.3 Å². The van der Waals surface area contributed by atoms with Crippen molar-refractivity contribution in [2.45, 2.75) is 27.4 Å². The molecule has 0 N–H and O–H groups in total. The molecule has 5 aromatic rings. The lowest BCUT2D eigenvalue weighted by atomic mass is 10.0. The summed E-state index contributed by atoms with van der Waals surface area (Å²) in [5, 5.41) is 6.08. The summed E-state index contributed by atoms with van der Waals surface area (Å²) >= 11 is 1.25. The molecule has 166 valence electrons. The molecular formula is C25H19FN2O4S. The van der Waals surface area contributed by atoms with Gasteiger partial charge in [0.1, 0.15) is 27.7 Å². The molecule has 5 rings (SSSR count). The highest BCUT2D eigenvalue weighted by Crippen LogP contribution is 2.31. The molecule has 0 aliphatic heterocycles. The lowest BCUT2D eigenvalue weighted by molar-refractivity contribution is 0.0479. The van der Waals surface area contributed by atoms with E-state index >= 15 is 0 Å². The van der Waals surface area contributed by atoms with Gasteiger partial charge >= 0.3 is 11.6 Å². The highest BCUT2D eigenvalue weighted by Gasteiger charge is 2.19. The Kier molecular flexibility index (Phi) is 5.09. The van der Waals surface area contributed by atoms with Crippen LogP contribution < -0.4 is 5.63 Å². The number of aryl methyl sites for hydroxylation is 3. The number of hydrogen-bond acceptors (Lipinski definition) is 6. The molecule has 0 bridgehead atoms. The molecule has 2 aromatic carbocycles. The maximum absolute atomic E-state index is 13.3. The number of carbonyl (C=O) groups excluding carboxylic acids is 1. The van der Waals surface area contributed by atoms with Gasteiger partial charge in [-0.15, -0.1) is 11.3 Å². The smallest absolute Gasteiger partial charge is 0.348 e. The van der Waals surface area contributed by atoms with Gasteiger partial charge in [-0.1, -0.05) is 12.1 Å². The molecule has 0 radical (unpaired) electrons. The van der Waals surface area contributed by atoms with Gasteiger partial charge < -0.3 is 9.15 Å². The summed E-state index contributed by atoms with van der Waals surface area (Å²) in [5.41, 5.74) is 3.95. The number of esters is 1.